The number of esters is 1. The Bertz CT molecular complexity index is 870. The molecule has 3 aromatic rings. The van der Waals surface area contributed by atoms with E-state index in [2.05, 4.69) is 48.8 Å². The molecular weight excluding hydrogens is 368 g/mol. The molecule has 24 heavy (non-hydrogen) atoms. The van der Waals surface area contributed by atoms with Crippen molar-refractivity contribution in [3.63, 3.8) is 0 Å². The highest BCUT2D eigenvalue weighted by molar-refractivity contribution is 9.10. The maximum atomic E-state index is 12.2. The Morgan fingerprint density at radius 2 is 1.83 bits per heavy atom. The number of benzene rings is 2. The molecule has 0 bridgehead atoms. The van der Waals surface area contributed by atoms with Crippen LogP contribution in [0.2, 0.25) is 0 Å². The van der Waals surface area contributed by atoms with Crippen LogP contribution >= 0.6 is 15.9 Å². The molecule has 0 unspecified atom stereocenters. The van der Waals surface area contributed by atoms with E-state index in [-0.39, 0.29) is 17.8 Å². The molecule has 1 aromatic heterocycles. The van der Waals surface area contributed by atoms with E-state index in [1.165, 1.54) is 5.56 Å². The Kier molecular flexibility index (Phi) is 4.50. The fraction of sp³-hybridized carbons (Fsp3) is 0.250. The van der Waals surface area contributed by atoms with Crippen molar-refractivity contribution in [3.05, 3.63) is 64.3 Å². The summed E-state index contributed by atoms with van der Waals surface area (Å²) < 4.78 is 11.9. The van der Waals surface area contributed by atoms with E-state index in [4.69, 9.17) is 9.15 Å². The Morgan fingerprint density at radius 3 is 2.50 bits per heavy atom. The quantitative estimate of drug-likeness (QED) is 0.431. The van der Waals surface area contributed by atoms with Gasteiger partial charge in [0.15, 0.2) is 0 Å². The molecule has 4 heteroatoms. The summed E-state index contributed by atoms with van der Waals surface area (Å²) in [6, 6.07) is 13.3. The van der Waals surface area contributed by atoms with E-state index in [1.54, 1.807) is 18.4 Å². The lowest BCUT2D eigenvalue weighted by Crippen LogP contribution is -2.12. The Balaban J connectivity index is 1.81. The van der Waals surface area contributed by atoms with Gasteiger partial charge >= 0.3 is 5.97 Å². The third-order valence-electron chi connectivity index (χ3n) is 3.90. The van der Waals surface area contributed by atoms with Gasteiger partial charge in [-0.2, -0.15) is 0 Å². The van der Waals surface area contributed by atoms with Crippen molar-refractivity contribution in [1.29, 1.82) is 0 Å². The molecular formula is C20H19BrO3. The van der Waals surface area contributed by atoms with Crippen LogP contribution in [0.5, 0.6) is 5.75 Å². The third kappa shape index (κ3) is 3.70. The van der Waals surface area contributed by atoms with E-state index < -0.39 is 0 Å². The summed E-state index contributed by atoms with van der Waals surface area (Å²) in [5, 5.41) is 0.968. The SMILES string of the molecule is CC(C)(C)c1ccc2occ(CC(=O)Oc3ccc(Br)cc3)c2c1. The van der Waals surface area contributed by atoms with Gasteiger partial charge in [0.25, 0.3) is 0 Å². The molecule has 0 aliphatic carbocycles. The zero-order chi connectivity index (χ0) is 17.3. The molecule has 0 aliphatic heterocycles. The van der Waals surface area contributed by atoms with Crippen LogP contribution in [0.3, 0.4) is 0 Å². The summed E-state index contributed by atoms with van der Waals surface area (Å²) in [5.41, 5.74) is 2.88. The number of hydrogen-bond acceptors (Lipinski definition) is 3. The van der Waals surface area contributed by atoms with Gasteiger partial charge in [-0.3, -0.25) is 4.79 Å². The van der Waals surface area contributed by atoms with Gasteiger partial charge in [-0.25, -0.2) is 0 Å². The number of carbonyl (C=O) groups excluding carboxylic acids is 1. The van der Waals surface area contributed by atoms with Crippen molar-refractivity contribution in [1.82, 2.24) is 0 Å². The Hall–Kier alpha value is -2.07. The van der Waals surface area contributed by atoms with Crippen molar-refractivity contribution in [3.8, 4) is 5.75 Å². The van der Waals surface area contributed by atoms with Crippen LogP contribution in [-0.4, -0.2) is 5.97 Å². The highest BCUT2D eigenvalue weighted by Gasteiger charge is 2.17. The van der Waals surface area contributed by atoms with E-state index in [1.807, 2.05) is 18.2 Å². The number of ether oxygens (including phenoxy) is 1. The topological polar surface area (TPSA) is 39.4 Å². The number of halogens is 1. The van der Waals surface area contributed by atoms with Gasteiger partial charge in [-0.05, 0) is 47.4 Å². The number of fused-ring (bicyclic) bond motifs is 1. The predicted molar refractivity (Wildman–Crippen MR) is 98.4 cm³/mol. The van der Waals surface area contributed by atoms with Gasteiger partial charge < -0.3 is 9.15 Å². The summed E-state index contributed by atoms with van der Waals surface area (Å²) in [5.74, 6) is 0.229. The second-order valence-corrected chi connectivity index (χ2v) is 7.74. The molecule has 2 aromatic carbocycles. The molecule has 0 atom stereocenters. The first-order chi connectivity index (χ1) is 11.3. The molecule has 3 rings (SSSR count). The standard InChI is InChI=1S/C20H19BrO3/c1-20(2,3)14-4-9-18-17(11-14)13(12-23-18)10-19(22)24-16-7-5-15(21)6-8-16/h4-9,11-12H,10H2,1-3H3. The fourth-order valence-corrected chi connectivity index (χ4v) is 2.78. The van der Waals surface area contributed by atoms with Crippen LogP contribution in [0.1, 0.15) is 31.9 Å². The zero-order valence-electron chi connectivity index (χ0n) is 13.9. The number of furan rings is 1. The minimum absolute atomic E-state index is 0.0423. The number of hydrogen-bond donors (Lipinski definition) is 0. The Morgan fingerprint density at radius 1 is 1.12 bits per heavy atom. The van der Waals surface area contributed by atoms with E-state index >= 15 is 0 Å². The molecule has 0 amide bonds. The second-order valence-electron chi connectivity index (χ2n) is 6.83. The van der Waals surface area contributed by atoms with Crippen LogP contribution in [0.15, 0.2) is 57.6 Å². The molecule has 0 N–H and O–H groups in total. The highest BCUT2D eigenvalue weighted by Crippen LogP contribution is 2.29. The summed E-state index contributed by atoms with van der Waals surface area (Å²) in [6.45, 7) is 6.49. The second kappa shape index (κ2) is 6.44. The average Bonchev–Trinajstić information content (AvgIpc) is 2.91. The molecule has 124 valence electrons. The van der Waals surface area contributed by atoms with Gasteiger partial charge in [-0.1, -0.05) is 42.8 Å². The van der Waals surface area contributed by atoms with E-state index in [0.717, 1.165) is 21.0 Å². The normalized spacial score (nSPS) is 11.7. The van der Waals surface area contributed by atoms with Crippen LogP contribution in [0.25, 0.3) is 11.0 Å². The largest absolute Gasteiger partial charge is 0.464 e. The van der Waals surface area contributed by atoms with Crippen LogP contribution in [-0.2, 0) is 16.6 Å². The zero-order valence-corrected chi connectivity index (χ0v) is 15.5. The first-order valence-corrected chi connectivity index (χ1v) is 8.59. The van der Waals surface area contributed by atoms with E-state index in [0.29, 0.717) is 5.75 Å². The first kappa shape index (κ1) is 16.8. The maximum absolute atomic E-state index is 12.2. The lowest BCUT2D eigenvalue weighted by molar-refractivity contribution is -0.133. The summed E-state index contributed by atoms with van der Waals surface area (Å²) in [4.78, 5) is 12.2. The summed E-state index contributed by atoms with van der Waals surface area (Å²) in [6.07, 6.45) is 1.82. The minimum Gasteiger partial charge on any atom is -0.464 e. The summed E-state index contributed by atoms with van der Waals surface area (Å²) >= 11 is 3.36. The lowest BCUT2D eigenvalue weighted by atomic mass is 9.86. The molecule has 0 radical (unpaired) electrons. The van der Waals surface area contributed by atoms with Gasteiger partial charge in [0.05, 0.1) is 12.7 Å². The predicted octanol–water partition coefficient (Wildman–Crippen LogP) is 5.64. The van der Waals surface area contributed by atoms with Gasteiger partial charge in [0.1, 0.15) is 11.3 Å². The van der Waals surface area contributed by atoms with Crippen molar-refractivity contribution in [2.24, 2.45) is 0 Å². The lowest BCUT2D eigenvalue weighted by Gasteiger charge is -2.18. The van der Waals surface area contributed by atoms with Crippen molar-refractivity contribution in [2.45, 2.75) is 32.6 Å². The number of carbonyl (C=O) groups is 1. The van der Waals surface area contributed by atoms with Crippen LogP contribution in [0.4, 0.5) is 0 Å². The van der Waals surface area contributed by atoms with E-state index in [9.17, 15) is 4.79 Å². The Labute approximate surface area is 149 Å². The molecule has 3 nitrogen and oxygen atoms in total. The monoisotopic (exact) mass is 386 g/mol. The molecule has 1 heterocycles. The molecule has 0 saturated carbocycles. The molecule has 0 saturated heterocycles. The van der Waals surface area contributed by atoms with Gasteiger partial charge in [0.2, 0.25) is 0 Å². The van der Waals surface area contributed by atoms with Crippen molar-refractivity contribution in [2.75, 3.05) is 0 Å². The molecule has 0 fully saturated rings. The molecule has 0 aliphatic rings. The van der Waals surface area contributed by atoms with Crippen LogP contribution in [0, 0.1) is 0 Å². The van der Waals surface area contributed by atoms with Crippen molar-refractivity contribution < 1.29 is 13.9 Å². The van der Waals surface area contributed by atoms with Gasteiger partial charge in [-0.15, -0.1) is 0 Å². The minimum atomic E-state index is -0.304. The average molecular weight is 387 g/mol. The number of rotatable bonds is 3. The highest BCUT2D eigenvalue weighted by atomic mass is 79.9. The fourth-order valence-electron chi connectivity index (χ4n) is 2.51. The first-order valence-electron chi connectivity index (χ1n) is 7.80. The maximum Gasteiger partial charge on any atom is 0.315 e. The smallest absolute Gasteiger partial charge is 0.315 e. The van der Waals surface area contributed by atoms with Crippen molar-refractivity contribution >= 4 is 32.9 Å². The third-order valence-corrected chi connectivity index (χ3v) is 4.43. The van der Waals surface area contributed by atoms with Gasteiger partial charge in [0, 0.05) is 15.4 Å². The van der Waals surface area contributed by atoms with Crippen LogP contribution < -0.4 is 4.74 Å². The molecule has 0 spiro atoms. The summed E-state index contributed by atoms with van der Waals surface area (Å²) in [7, 11) is 0.